The van der Waals surface area contributed by atoms with E-state index in [2.05, 4.69) is 10.1 Å². The number of rotatable bonds is 2. The first-order valence-electron chi connectivity index (χ1n) is 4.50. The molecule has 0 saturated carbocycles. The Hall–Kier alpha value is -1.39. The number of aliphatic hydroxyl groups is 1. The van der Waals surface area contributed by atoms with Crippen LogP contribution in [0.4, 0.5) is 0 Å². The van der Waals surface area contributed by atoms with Crippen molar-refractivity contribution in [1.29, 1.82) is 0 Å². The van der Waals surface area contributed by atoms with Gasteiger partial charge >= 0.3 is 0 Å². The second kappa shape index (κ2) is 4.00. The molecule has 5 heteroatoms. The van der Waals surface area contributed by atoms with Crippen molar-refractivity contribution >= 4 is 11.6 Å². The molecular formula is C10H10ClN3O. The van der Waals surface area contributed by atoms with Crippen LogP contribution in [0, 0.1) is 6.92 Å². The molecule has 1 N–H and O–H groups in total. The molecule has 1 aromatic heterocycles. The van der Waals surface area contributed by atoms with Crippen LogP contribution >= 0.6 is 11.6 Å². The zero-order chi connectivity index (χ0) is 10.8. The van der Waals surface area contributed by atoms with Gasteiger partial charge < -0.3 is 5.11 Å². The number of halogens is 1. The summed E-state index contributed by atoms with van der Waals surface area (Å²) in [5.41, 5.74) is 0.879. The molecular weight excluding hydrogens is 214 g/mol. The van der Waals surface area contributed by atoms with Crippen molar-refractivity contribution in [3.8, 4) is 5.69 Å². The Morgan fingerprint density at radius 2 is 2.00 bits per heavy atom. The molecule has 0 saturated heterocycles. The van der Waals surface area contributed by atoms with Crippen molar-refractivity contribution in [2.75, 3.05) is 0 Å². The molecule has 0 atom stereocenters. The van der Waals surface area contributed by atoms with Gasteiger partial charge in [0, 0.05) is 5.02 Å². The van der Waals surface area contributed by atoms with E-state index in [-0.39, 0.29) is 6.61 Å². The average molecular weight is 224 g/mol. The molecule has 0 aliphatic carbocycles. The zero-order valence-corrected chi connectivity index (χ0v) is 8.94. The van der Waals surface area contributed by atoms with Crippen molar-refractivity contribution in [3.63, 3.8) is 0 Å². The van der Waals surface area contributed by atoms with E-state index in [4.69, 9.17) is 16.7 Å². The van der Waals surface area contributed by atoms with Crippen molar-refractivity contribution in [3.05, 3.63) is 40.9 Å². The second-order valence-corrected chi connectivity index (χ2v) is 3.56. The summed E-state index contributed by atoms with van der Waals surface area (Å²) in [6, 6.07) is 7.28. The van der Waals surface area contributed by atoms with Crippen molar-refractivity contribution in [1.82, 2.24) is 14.8 Å². The van der Waals surface area contributed by atoms with Crippen LogP contribution in [0.2, 0.25) is 5.02 Å². The van der Waals surface area contributed by atoms with Crippen LogP contribution in [0.1, 0.15) is 11.6 Å². The van der Waals surface area contributed by atoms with Gasteiger partial charge in [-0.1, -0.05) is 11.6 Å². The van der Waals surface area contributed by atoms with Crippen LogP contribution in [0.25, 0.3) is 5.69 Å². The standard InChI is InChI=1S/C10H10ClN3O/c1-7-12-10(6-15)13-14(7)9-4-2-8(11)3-5-9/h2-5,15H,6H2,1H3. The molecule has 15 heavy (non-hydrogen) atoms. The number of hydrogen-bond donors (Lipinski definition) is 1. The molecule has 78 valence electrons. The number of benzene rings is 1. The maximum absolute atomic E-state index is 8.91. The minimum absolute atomic E-state index is 0.151. The molecule has 0 amide bonds. The van der Waals surface area contributed by atoms with Gasteiger partial charge in [0.05, 0.1) is 5.69 Å². The van der Waals surface area contributed by atoms with Crippen LogP contribution < -0.4 is 0 Å². The normalized spacial score (nSPS) is 10.6. The van der Waals surface area contributed by atoms with E-state index in [1.807, 2.05) is 19.1 Å². The van der Waals surface area contributed by atoms with Crippen LogP contribution in [0.5, 0.6) is 0 Å². The third-order valence-electron chi connectivity index (χ3n) is 2.03. The predicted molar refractivity (Wildman–Crippen MR) is 57.0 cm³/mol. The van der Waals surface area contributed by atoms with Crippen LogP contribution in [-0.4, -0.2) is 19.9 Å². The maximum atomic E-state index is 8.91. The molecule has 4 nitrogen and oxygen atoms in total. The van der Waals surface area contributed by atoms with Crippen LogP contribution in [-0.2, 0) is 6.61 Å². The van der Waals surface area contributed by atoms with Gasteiger partial charge in [-0.15, -0.1) is 5.10 Å². The smallest absolute Gasteiger partial charge is 0.176 e. The highest BCUT2D eigenvalue weighted by Crippen LogP contribution is 2.14. The Kier molecular flexibility index (Phi) is 2.70. The number of aliphatic hydroxyl groups excluding tert-OH is 1. The maximum Gasteiger partial charge on any atom is 0.176 e. The second-order valence-electron chi connectivity index (χ2n) is 3.12. The molecule has 0 bridgehead atoms. The lowest BCUT2D eigenvalue weighted by Crippen LogP contribution is -1.99. The highest BCUT2D eigenvalue weighted by Gasteiger charge is 2.06. The van der Waals surface area contributed by atoms with E-state index in [1.165, 1.54) is 0 Å². The third kappa shape index (κ3) is 2.00. The topological polar surface area (TPSA) is 50.9 Å². The average Bonchev–Trinajstić information content (AvgIpc) is 2.61. The summed E-state index contributed by atoms with van der Waals surface area (Å²) in [5.74, 6) is 1.16. The van der Waals surface area contributed by atoms with Crippen molar-refractivity contribution in [2.24, 2.45) is 0 Å². The minimum atomic E-state index is -0.151. The Labute approximate surface area is 92.1 Å². The lowest BCUT2D eigenvalue weighted by molar-refractivity contribution is 0.271. The van der Waals surface area contributed by atoms with Crippen LogP contribution in [0.3, 0.4) is 0 Å². The van der Waals surface area contributed by atoms with Gasteiger partial charge in [-0.2, -0.15) is 0 Å². The lowest BCUT2D eigenvalue weighted by Gasteiger charge is -2.01. The molecule has 0 unspecified atom stereocenters. The van der Waals surface area contributed by atoms with Gasteiger partial charge in [-0.05, 0) is 31.2 Å². The number of hydrogen-bond acceptors (Lipinski definition) is 3. The first-order valence-corrected chi connectivity index (χ1v) is 4.88. The molecule has 2 rings (SSSR count). The summed E-state index contributed by atoms with van der Waals surface area (Å²) in [7, 11) is 0. The van der Waals surface area contributed by atoms with Gasteiger partial charge in [0.2, 0.25) is 0 Å². The summed E-state index contributed by atoms with van der Waals surface area (Å²) < 4.78 is 1.67. The van der Waals surface area contributed by atoms with E-state index < -0.39 is 0 Å². The summed E-state index contributed by atoms with van der Waals surface area (Å²) in [6.45, 7) is 1.68. The van der Waals surface area contributed by atoms with Gasteiger partial charge in [0.15, 0.2) is 5.82 Å². The minimum Gasteiger partial charge on any atom is -0.388 e. The highest BCUT2D eigenvalue weighted by atomic mass is 35.5. The molecule has 1 aromatic carbocycles. The molecule has 0 spiro atoms. The Bertz CT molecular complexity index is 464. The Morgan fingerprint density at radius 1 is 1.33 bits per heavy atom. The first kappa shape index (κ1) is 10.1. The SMILES string of the molecule is Cc1nc(CO)nn1-c1ccc(Cl)cc1. The fourth-order valence-corrected chi connectivity index (χ4v) is 1.46. The largest absolute Gasteiger partial charge is 0.388 e. The molecule has 0 fully saturated rings. The lowest BCUT2D eigenvalue weighted by atomic mass is 10.3. The summed E-state index contributed by atoms with van der Waals surface area (Å²) in [6.07, 6.45) is 0. The predicted octanol–water partition coefficient (Wildman–Crippen LogP) is 1.72. The molecule has 1 heterocycles. The fourth-order valence-electron chi connectivity index (χ4n) is 1.34. The van der Waals surface area contributed by atoms with Crippen molar-refractivity contribution < 1.29 is 5.11 Å². The quantitative estimate of drug-likeness (QED) is 0.844. The number of aryl methyl sites for hydroxylation is 1. The summed E-state index contributed by atoms with van der Waals surface area (Å²) >= 11 is 5.79. The summed E-state index contributed by atoms with van der Waals surface area (Å²) in [4.78, 5) is 4.10. The van der Waals surface area contributed by atoms with Crippen LogP contribution in [0.15, 0.2) is 24.3 Å². The summed E-state index contributed by atoms with van der Waals surface area (Å²) in [5, 5.41) is 13.7. The molecule has 2 aromatic rings. The molecule has 0 aliphatic rings. The van der Waals surface area contributed by atoms with Gasteiger partial charge in [0.25, 0.3) is 0 Å². The van der Waals surface area contributed by atoms with E-state index >= 15 is 0 Å². The zero-order valence-electron chi connectivity index (χ0n) is 8.18. The number of nitrogens with zero attached hydrogens (tertiary/aromatic N) is 3. The molecule has 0 radical (unpaired) electrons. The fraction of sp³-hybridized carbons (Fsp3) is 0.200. The third-order valence-corrected chi connectivity index (χ3v) is 2.28. The Balaban J connectivity index is 2.44. The van der Waals surface area contributed by atoms with E-state index in [1.54, 1.807) is 16.8 Å². The molecule has 0 aliphatic heterocycles. The van der Waals surface area contributed by atoms with E-state index in [0.717, 1.165) is 11.5 Å². The highest BCUT2D eigenvalue weighted by molar-refractivity contribution is 6.30. The van der Waals surface area contributed by atoms with Gasteiger partial charge in [0.1, 0.15) is 12.4 Å². The first-order chi connectivity index (χ1) is 7.20. The number of aromatic nitrogens is 3. The monoisotopic (exact) mass is 223 g/mol. The van der Waals surface area contributed by atoms with Crippen molar-refractivity contribution in [2.45, 2.75) is 13.5 Å². The Morgan fingerprint density at radius 3 is 2.53 bits per heavy atom. The van der Waals surface area contributed by atoms with Gasteiger partial charge in [-0.25, -0.2) is 9.67 Å². The van der Waals surface area contributed by atoms with E-state index in [0.29, 0.717) is 10.8 Å². The van der Waals surface area contributed by atoms with E-state index in [9.17, 15) is 0 Å². The van der Waals surface area contributed by atoms with Gasteiger partial charge in [-0.3, -0.25) is 0 Å².